The van der Waals surface area contributed by atoms with E-state index in [9.17, 15) is 30.4 Å². The van der Waals surface area contributed by atoms with Gasteiger partial charge in [-0.1, -0.05) is 6.07 Å². The van der Waals surface area contributed by atoms with Crippen LogP contribution in [0.25, 0.3) is 0 Å². The third-order valence-electron chi connectivity index (χ3n) is 6.12. The van der Waals surface area contributed by atoms with Gasteiger partial charge in [-0.3, -0.25) is 4.79 Å². The van der Waals surface area contributed by atoms with Gasteiger partial charge in [0, 0.05) is 32.6 Å². The van der Waals surface area contributed by atoms with Crippen molar-refractivity contribution in [3.05, 3.63) is 59.2 Å². The van der Waals surface area contributed by atoms with E-state index >= 15 is 0 Å². The number of sulfonamides is 1. The highest BCUT2D eigenvalue weighted by Gasteiger charge is 2.32. The zero-order valence-electron chi connectivity index (χ0n) is 17.8. The summed E-state index contributed by atoms with van der Waals surface area (Å²) >= 11 is 0. The van der Waals surface area contributed by atoms with Crippen molar-refractivity contribution in [1.82, 2.24) is 9.21 Å². The van der Waals surface area contributed by atoms with E-state index < -0.39 is 42.3 Å². The van der Waals surface area contributed by atoms with Crippen LogP contribution in [0.4, 0.5) is 8.78 Å². The van der Waals surface area contributed by atoms with Crippen LogP contribution in [0.1, 0.15) is 24.0 Å². The van der Waals surface area contributed by atoms with Crippen LogP contribution in [0, 0.1) is 11.6 Å². The first-order valence-electron chi connectivity index (χ1n) is 10.7. The molecule has 1 fully saturated rings. The summed E-state index contributed by atoms with van der Waals surface area (Å²) in [6.07, 6.45) is 2.58. The van der Waals surface area contributed by atoms with Crippen LogP contribution in [0.3, 0.4) is 0 Å². The number of halogens is 2. The minimum absolute atomic E-state index is 0.0356. The largest absolute Gasteiger partial charge is 0.340 e. The van der Waals surface area contributed by atoms with E-state index in [2.05, 4.69) is 0 Å². The van der Waals surface area contributed by atoms with Crippen molar-refractivity contribution in [3.8, 4) is 0 Å². The number of carbonyl (C=O) groups is 1. The molecule has 1 aliphatic carbocycles. The summed E-state index contributed by atoms with van der Waals surface area (Å²) in [5.74, 6) is -2.65. The summed E-state index contributed by atoms with van der Waals surface area (Å²) in [4.78, 5) is 13.4. The number of benzene rings is 2. The van der Waals surface area contributed by atoms with Gasteiger partial charge >= 0.3 is 0 Å². The normalized spacial score (nSPS) is 17.2. The first-order valence-corrected chi connectivity index (χ1v) is 13.7. The molecule has 0 N–H and O–H groups in total. The molecule has 0 radical (unpaired) electrons. The van der Waals surface area contributed by atoms with Crippen molar-refractivity contribution in [2.24, 2.45) is 0 Å². The van der Waals surface area contributed by atoms with Gasteiger partial charge in [-0.05, 0) is 60.7 Å². The van der Waals surface area contributed by atoms with E-state index in [4.69, 9.17) is 0 Å². The van der Waals surface area contributed by atoms with E-state index in [-0.39, 0.29) is 43.2 Å². The third kappa shape index (κ3) is 4.95. The van der Waals surface area contributed by atoms with Gasteiger partial charge in [0.15, 0.2) is 9.84 Å². The van der Waals surface area contributed by atoms with Gasteiger partial charge in [0.05, 0.1) is 10.6 Å². The highest BCUT2D eigenvalue weighted by atomic mass is 32.2. The predicted octanol–water partition coefficient (Wildman–Crippen LogP) is 2.15. The van der Waals surface area contributed by atoms with Crippen LogP contribution in [0.5, 0.6) is 0 Å². The van der Waals surface area contributed by atoms with Crippen molar-refractivity contribution in [3.63, 3.8) is 0 Å². The molecule has 0 atom stereocenters. The molecule has 1 aliphatic heterocycles. The standard InChI is InChI=1S/C22H24F2N2O5S2/c23-18-5-7-20(24)21(15-18)33(30,31)26-11-9-25(10-12-26)22(27)8-13-32(28,29)19-6-4-16-2-1-3-17(16)14-19/h4-7,14-15H,1-3,8-13H2. The Hall–Kier alpha value is -2.37. The lowest BCUT2D eigenvalue weighted by molar-refractivity contribution is -0.131. The van der Waals surface area contributed by atoms with Gasteiger partial charge in [0.2, 0.25) is 15.9 Å². The number of fused-ring (bicyclic) bond motifs is 1. The average molecular weight is 499 g/mol. The maximum absolute atomic E-state index is 14.0. The Balaban J connectivity index is 1.35. The number of aryl methyl sites for hydroxylation is 2. The predicted molar refractivity (Wildman–Crippen MR) is 117 cm³/mol. The topological polar surface area (TPSA) is 91.8 Å². The fraction of sp³-hybridized carbons (Fsp3) is 0.409. The minimum atomic E-state index is -4.26. The second-order valence-corrected chi connectivity index (χ2v) is 12.2. The molecule has 1 amide bonds. The molecule has 7 nitrogen and oxygen atoms in total. The quantitative estimate of drug-likeness (QED) is 0.609. The highest BCUT2D eigenvalue weighted by Crippen LogP contribution is 2.26. The molecule has 33 heavy (non-hydrogen) atoms. The van der Waals surface area contributed by atoms with Crippen LogP contribution in [-0.4, -0.2) is 63.9 Å². The molecule has 0 aromatic heterocycles. The molecular weight excluding hydrogens is 474 g/mol. The Kier molecular flexibility index (Phi) is 6.56. The lowest BCUT2D eigenvalue weighted by Crippen LogP contribution is -2.50. The number of hydrogen-bond acceptors (Lipinski definition) is 5. The van der Waals surface area contributed by atoms with Crippen LogP contribution >= 0.6 is 0 Å². The molecule has 2 aliphatic rings. The van der Waals surface area contributed by atoms with Crippen molar-refractivity contribution in [2.45, 2.75) is 35.5 Å². The van der Waals surface area contributed by atoms with Crippen molar-refractivity contribution >= 4 is 25.8 Å². The number of sulfone groups is 1. The van der Waals surface area contributed by atoms with E-state index in [1.54, 1.807) is 12.1 Å². The van der Waals surface area contributed by atoms with E-state index in [1.807, 2.05) is 6.07 Å². The summed E-state index contributed by atoms with van der Waals surface area (Å²) < 4.78 is 79.1. The Labute approximate surface area is 192 Å². The van der Waals surface area contributed by atoms with Crippen LogP contribution in [-0.2, 0) is 37.5 Å². The van der Waals surface area contributed by atoms with Gasteiger partial charge in [0.25, 0.3) is 0 Å². The fourth-order valence-electron chi connectivity index (χ4n) is 4.23. The van der Waals surface area contributed by atoms with Crippen molar-refractivity contribution in [1.29, 1.82) is 0 Å². The first kappa shape index (κ1) is 23.8. The van der Waals surface area contributed by atoms with Crippen LogP contribution < -0.4 is 0 Å². The lowest BCUT2D eigenvalue weighted by atomic mass is 10.1. The van der Waals surface area contributed by atoms with Crippen molar-refractivity contribution in [2.75, 3.05) is 31.9 Å². The summed E-state index contributed by atoms with van der Waals surface area (Å²) in [5, 5.41) is 0. The molecule has 4 rings (SSSR count). The zero-order chi connectivity index (χ0) is 23.8. The van der Waals surface area contributed by atoms with Gasteiger partial charge in [0.1, 0.15) is 16.5 Å². The Morgan fingerprint density at radius 3 is 2.30 bits per heavy atom. The monoisotopic (exact) mass is 498 g/mol. The Morgan fingerprint density at radius 2 is 1.58 bits per heavy atom. The Bertz CT molecular complexity index is 1290. The summed E-state index contributed by atoms with van der Waals surface area (Å²) in [6, 6.07) is 7.33. The van der Waals surface area contributed by atoms with Gasteiger partial charge in [-0.25, -0.2) is 25.6 Å². The van der Waals surface area contributed by atoms with Gasteiger partial charge < -0.3 is 4.90 Å². The van der Waals surface area contributed by atoms with E-state index in [0.29, 0.717) is 6.07 Å². The lowest BCUT2D eigenvalue weighted by Gasteiger charge is -2.34. The Morgan fingerprint density at radius 1 is 0.879 bits per heavy atom. The smallest absolute Gasteiger partial charge is 0.246 e. The van der Waals surface area contributed by atoms with E-state index in [0.717, 1.165) is 46.8 Å². The molecule has 0 unspecified atom stereocenters. The van der Waals surface area contributed by atoms with Crippen LogP contribution in [0.2, 0.25) is 0 Å². The molecule has 0 bridgehead atoms. The first-order chi connectivity index (χ1) is 15.6. The minimum Gasteiger partial charge on any atom is -0.340 e. The molecule has 1 heterocycles. The molecule has 178 valence electrons. The number of piperazine rings is 1. The zero-order valence-corrected chi connectivity index (χ0v) is 19.5. The molecule has 1 saturated heterocycles. The molecular formula is C22H24F2N2O5S2. The number of rotatable bonds is 6. The number of hydrogen-bond donors (Lipinski definition) is 0. The number of amides is 1. The van der Waals surface area contributed by atoms with Crippen molar-refractivity contribution < 1.29 is 30.4 Å². The average Bonchev–Trinajstić information content (AvgIpc) is 3.27. The number of carbonyl (C=O) groups excluding carboxylic acids is 1. The summed E-state index contributed by atoms with van der Waals surface area (Å²) in [7, 11) is -7.88. The van der Waals surface area contributed by atoms with Gasteiger partial charge in [-0.15, -0.1) is 0 Å². The van der Waals surface area contributed by atoms with Gasteiger partial charge in [-0.2, -0.15) is 4.31 Å². The second kappa shape index (κ2) is 9.11. The van der Waals surface area contributed by atoms with E-state index in [1.165, 1.54) is 4.90 Å². The maximum atomic E-state index is 14.0. The molecule has 0 spiro atoms. The SMILES string of the molecule is O=C(CCS(=O)(=O)c1ccc2c(c1)CCC2)N1CCN(S(=O)(=O)c2cc(F)ccc2F)CC1. The highest BCUT2D eigenvalue weighted by molar-refractivity contribution is 7.91. The molecule has 0 saturated carbocycles. The maximum Gasteiger partial charge on any atom is 0.246 e. The molecule has 11 heteroatoms. The summed E-state index contributed by atoms with van der Waals surface area (Å²) in [5.41, 5.74) is 2.20. The summed E-state index contributed by atoms with van der Waals surface area (Å²) in [6.45, 7) is -0.120. The third-order valence-corrected chi connectivity index (χ3v) is 9.74. The molecule has 2 aromatic carbocycles. The van der Waals surface area contributed by atoms with Crippen LogP contribution in [0.15, 0.2) is 46.2 Å². The number of nitrogens with zero attached hydrogens (tertiary/aromatic N) is 2. The second-order valence-electron chi connectivity index (χ2n) is 8.21. The molecule has 2 aromatic rings. The fourth-order valence-corrected chi connectivity index (χ4v) is 7.01.